The number of benzene rings is 1. The average Bonchev–Trinajstić information content (AvgIpc) is 2.11. The van der Waals surface area contributed by atoms with Crippen molar-refractivity contribution in [1.29, 1.82) is 0 Å². The van der Waals surface area contributed by atoms with Crippen LogP contribution in [-0.2, 0) is 6.42 Å². The first-order chi connectivity index (χ1) is 5.43. The van der Waals surface area contributed by atoms with Gasteiger partial charge in [0.15, 0.2) is 0 Å². The van der Waals surface area contributed by atoms with Crippen LogP contribution in [0.2, 0.25) is 0 Å². The highest BCUT2D eigenvalue weighted by Gasteiger charge is 1.84. The monoisotopic (exact) mass is 148 g/mol. The summed E-state index contributed by atoms with van der Waals surface area (Å²) in [5, 5.41) is 0. The largest absolute Gasteiger partial charge is 0.106 e. The van der Waals surface area contributed by atoms with Gasteiger partial charge in [-0.2, -0.15) is 0 Å². The van der Waals surface area contributed by atoms with Crippen LogP contribution in [0.15, 0.2) is 43.5 Å². The van der Waals surface area contributed by atoms with Gasteiger partial charge in [-0.25, -0.2) is 0 Å². The van der Waals surface area contributed by atoms with Crippen LogP contribution in [-0.4, -0.2) is 0 Å². The summed E-state index contributed by atoms with van der Waals surface area (Å²) >= 11 is 0. The van der Waals surface area contributed by atoms with E-state index in [9.17, 15) is 0 Å². The fourth-order valence-electron chi connectivity index (χ4n) is 0.933. The summed E-state index contributed by atoms with van der Waals surface area (Å²) in [5.41, 5.74) is 1.44. The first-order valence-corrected chi connectivity index (χ1v) is 3.97. The van der Waals surface area contributed by atoms with Gasteiger partial charge in [0.05, 0.1) is 0 Å². The van der Waals surface area contributed by atoms with Crippen LogP contribution in [0.25, 0.3) is 0 Å². The summed E-state index contributed by atoms with van der Waals surface area (Å²) in [4.78, 5) is 0. The van der Waals surface area contributed by atoms with Crippen molar-refractivity contribution in [3.05, 3.63) is 49.1 Å². The lowest BCUT2D eigenvalue weighted by molar-refractivity contribution is 0.922. The Morgan fingerprint density at radius 3 is 2.09 bits per heavy atom. The Balaban J connectivity index is 0.000000461. The first kappa shape index (κ1) is 9.96. The number of rotatable bonds is 2. The minimum atomic E-state index is 1.21. The highest BCUT2D eigenvalue weighted by Crippen LogP contribution is 2.00. The Morgan fingerprint density at radius 1 is 1.09 bits per heavy atom. The van der Waals surface area contributed by atoms with Crippen molar-refractivity contribution >= 4 is 0 Å². The summed E-state index contributed by atoms with van der Waals surface area (Å²) < 4.78 is 0. The molecule has 1 aromatic carbocycles. The fraction of sp³-hybridized carbons (Fsp3) is 0.273. The second-order valence-corrected chi connectivity index (χ2v) is 2.24. The van der Waals surface area contributed by atoms with E-state index in [2.05, 4.69) is 50.4 Å². The van der Waals surface area contributed by atoms with Gasteiger partial charge in [0.25, 0.3) is 0 Å². The number of aryl methyl sites for hydroxylation is 1. The molecule has 0 heterocycles. The van der Waals surface area contributed by atoms with Crippen LogP contribution in [0.5, 0.6) is 0 Å². The molecule has 0 aromatic heterocycles. The van der Waals surface area contributed by atoms with Gasteiger partial charge in [0.2, 0.25) is 0 Å². The molecule has 11 heavy (non-hydrogen) atoms. The van der Waals surface area contributed by atoms with Gasteiger partial charge in [-0.1, -0.05) is 43.7 Å². The third kappa shape index (κ3) is 4.38. The van der Waals surface area contributed by atoms with E-state index in [1.165, 1.54) is 18.4 Å². The van der Waals surface area contributed by atoms with Gasteiger partial charge >= 0.3 is 0 Å². The zero-order valence-electron chi connectivity index (χ0n) is 7.22. The van der Waals surface area contributed by atoms with Crippen molar-refractivity contribution in [1.82, 2.24) is 0 Å². The van der Waals surface area contributed by atoms with Gasteiger partial charge in [-0.15, -0.1) is 13.2 Å². The topological polar surface area (TPSA) is 0 Å². The van der Waals surface area contributed by atoms with Crippen LogP contribution in [0.3, 0.4) is 0 Å². The van der Waals surface area contributed by atoms with Crippen molar-refractivity contribution in [3.63, 3.8) is 0 Å². The molecule has 0 heteroatoms. The molecule has 1 rings (SSSR count). The highest BCUT2D eigenvalue weighted by atomic mass is 13.9. The molecule has 60 valence electrons. The Bertz CT molecular complexity index is 165. The maximum atomic E-state index is 3.00. The molecular weight excluding hydrogens is 132 g/mol. The quantitative estimate of drug-likeness (QED) is 0.563. The summed E-state index contributed by atoms with van der Waals surface area (Å²) in [6.07, 6.45) is 2.45. The van der Waals surface area contributed by atoms with Crippen molar-refractivity contribution in [2.75, 3.05) is 0 Å². The van der Waals surface area contributed by atoms with Gasteiger partial charge in [0, 0.05) is 0 Å². The van der Waals surface area contributed by atoms with E-state index >= 15 is 0 Å². The van der Waals surface area contributed by atoms with Gasteiger partial charge in [-0.05, 0) is 12.0 Å². The molecule has 0 unspecified atom stereocenters. The maximum absolute atomic E-state index is 3.00. The molecule has 0 aliphatic heterocycles. The van der Waals surface area contributed by atoms with Crippen molar-refractivity contribution < 1.29 is 0 Å². The Hall–Kier alpha value is -1.04. The van der Waals surface area contributed by atoms with E-state index in [0.29, 0.717) is 0 Å². The van der Waals surface area contributed by atoms with E-state index in [0.717, 1.165) is 0 Å². The molecule has 0 N–H and O–H groups in total. The van der Waals surface area contributed by atoms with E-state index in [-0.39, 0.29) is 0 Å². The molecule has 1 aromatic rings. The molecular formula is C11H16. The van der Waals surface area contributed by atoms with Crippen LogP contribution in [0.1, 0.15) is 18.9 Å². The lowest BCUT2D eigenvalue weighted by Crippen LogP contribution is -1.78. The summed E-state index contributed by atoms with van der Waals surface area (Å²) in [7, 11) is 0. The molecule has 0 aliphatic carbocycles. The molecule has 0 bridgehead atoms. The van der Waals surface area contributed by atoms with Crippen LogP contribution in [0.4, 0.5) is 0 Å². The van der Waals surface area contributed by atoms with Crippen LogP contribution < -0.4 is 0 Å². The maximum Gasteiger partial charge on any atom is -0.0281 e. The second-order valence-electron chi connectivity index (χ2n) is 2.24. The van der Waals surface area contributed by atoms with Gasteiger partial charge in [-0.3, -0.25) is 0 Å². The van der Waals surface area contributed by atoms with E-state index in [1.54, 1.807) is 0 Å². The van der Waals surface area contributed by atoms with E-state index in [4.69, 9.17) is 0 Å². The first-order valence-electron chi connectivity index (χ1n) is 3.97. The Kier molecular flexibility index (Phi) is 6.40. The average molecular weight is 148 g/mol. The van der Waals surface area contributed by atoms with Crippen molar-refractivity contribution in [2.45, 2.75) is 19.8 Å². The van der Waals surface area contributed by atoms with Gasteiger partial charge in [0.1, 0.15) is 0 Å². The lowest BCUT2D eigenvalue weighted by Gasteiger charge is -1.93. The Morgan fingerprint density at radius 2 is 1.64 bits per heavy atom. The standard InChI is InChI=1S/C9H12.C2H4/c1-2-6-9-7-4-3-5-8-9;1-2/h3-5,7-8H,2,6H2,1H3;1-2H2. The third-order valence-electron chi connectivity index (χ3n) is 1.38. The number of hydrogen-bond donors (Lipinski definition) is 0. The van der Waals surface area contributed by atoms with Crippen molar-refractivity contribution in [2.24, 2.45) is 0 Å². The molecule has 0 amide bonds. The summed E-state index contributed by atoms with van der Waals surface area (Å²) in [6.45, 7) is 8.20. The molecule has 0 aliphatic rings. The van der Waals surface area contributed by atoms with Crippen LogP contribution >= 0.6 is 0 Å². The molecule has 0 spiro atoms. The highest BCUT2D eigenvalue weighted by molar-refractivity contribution is 5.14. The molecule has 0 nitrogen and oxygen atoms in total. The normalized spacial score (nSPS) is 8.09. The predicted octanol–water partition coefficient (Wildman–Crippen LogP) is 3.44. The molecule has 0 fully saturated rings. The van der Waals surface area contributed by atoms with E-state index < -0.39 is 0 Å². The number of hydrogen-bond acceptors (Lipinski definition) is 0. The SMILES string of the molecule is C=C.CCCc1ccccc1. The molecule has 0 saturated heterocycles. The molecule has 0 atom stereocenters. The van der Waals surface area contributed by atoms with Crippen molar-refractivity contribution in [3.8, 4) is 0 Å². The predicted molar refractivity (Wildman–Crippen MR) is 51.7 cm³/mol. The minimum Gasteiger partial charge on any atom is -0.106 e. The zero-order valence-corrected chi connectivity index (χ0v) is 7.22. The third-order valence-corrected chi connectivity index (χ3v) is 1.38. The minimum absolute atomic E-state index is 1.21. The zero-order chi connectivity index (χ0) is 8.53. The lowest BCUT2D eigenvalue weighted by atomic mass is 10.1. The second kappa shape index (κ2) is 7.07. The van der Waals surface area contributed by atoms with E-state index in [1.807, 2.05) is 0 Å². The molecule has 0 saturated carbocycles. The molecule has 0 radical (unpaired) electrons. The summed E-state index contributed by atoms with van der Waals surface area (Å²) in [6, 6.07) is 10.6. The smallest absolute Gasteiger partial charge is 0.0281 e. The van der Waals surface area contributed by atoms with Gasteiger partial charge < -0.3 is 0 Å². The Labute approximate surface area is 69.6 Å². The van der Waals surface area contributed by atoms with Crippen LogP contribution in [0, 0.1) is 0 Å². The fourth-order valence-corrected chi connectivity index (χ4v) is 0.933. The summed E-state index contributed by atoms with van der Waals surface area (Å²) in [5.74, 6) is 0.